The minimum absolute atomic E-state index is 0.116. The molecule has 1 atom stereocenters. The molecule has 0 aliphatic carbocycles. The van der Waals surface area contributed by atoms with Crippen LogP contribution in [0.25, 0.3) is 16.7 Å². The molecule has 0 radical (unpaired) electrons. The second-order valence-electron chi connectivity index (χ2n) is 8.67. The van der Waals surface area contributed by atoms with Gasteiger partial charge in [-0.15, -0.1) is 0 Å². The molecule has 1 amide bonds. The molecule has 0 saturated heterocycles. The van der Waals surface area contributed by atoms with Gasteiger partial charge in [0, 0.05) is 17.9 Å². The number of hydrogen-bond donors (Lipinski definition) is 1. The van der Waals surface area contributed by atoms with Crippen molar-refractivity contribution in [1.82, 2.24) is 19.3 Å². The molecule has 0 spiro atoms. The van der Waals surface area contributed by atoms with Crippen LogP contribution in [0.5, 0.6) is 0 Å². The molecule has 1 unspecified atom stereocenters. The summed E-state index contributed by atoms with van der Waals surface area (Å²) >= 11 is 1.50. The average molecular weight is 460 g/mol. The Morgan fingerprint density at radius 2 is 1.91 bits per heavy atom. The number of aromatic nitrogens is 4. The molecule has 1 N–H and O–H groups in total. The third-order valence-electron chi connectivity index (χ3n) is 6.16. The first-order chi connectivity index (χ1) is 15.8. The van der Waals surface area contributed by atoms with Gasteiger partial charge in [-0.05, 0) is 62.6 Å². The molecule has 0 saturated carbocycles. The molecule has 3 heterocycles. The summed E-state index contributed by atoms with van der Waals surface area (Å²) in [7, 11) is 0. The van der Waals surface area contributed by atoms with Crippen LogP contribution in [0.4, 0.5) is 5.69 Å². The topological polar surface area (TPSA) is 81.8 Å². The SMILES string of the molecule is Cc1ccc(-n2ncc3c(=O)n4c(nc32)SCC4CC(=O)Nc2ccc(C)c(C)c2)c(C)c1. The number of rotatable bonds is 4. The summed E-state index contributed by atoms with van der Waals surface area (Å²) in [4.78, 5) is 30.9. The minimum atomic E-state index is -0.245. The second kappa shape index (κ2) is 8.19. The third-order valence-corrected chi connectivity index (χ3v) is 7.26. The molecule has 7 nitrogen and oxygen atoms in total. The smallest absolute Gasteiger partial charge is 0.265 e. The summed E-state index contributed by atoms with van der Waals surface area (Å²) in [6, 6.07) is 11.7. The normalized spacial score (nSPS) is 15.1. The van der Waals surface area contributed by atoms with Gasteiger partial charge in [0.25, 0.3) is 5.56 Å². The highest BCUT2D eigenvalue weighted by Crippen LogP contribution is 2.34. The Morgan fingerprint density at radius 1 is 1.09 bits per heavy atom. The predicted octanol–water partition coefficient (Wildman–Crippen LogP) is 4.49. The highest BCUT2D eigenvalue weighted by molar-refractivity contribution is 7.99. The number of carbonyl (C=O) groups is 1. The van der Waals surface area contributed by atoms with E-state index < -0.39 is 0 Å². The van der Waals surface area contributed by atoms with Gasteiger partial charge < -0.3 is 5.32 Å². The molecule has 0 fully saturated rings. The van der Waals surface area contributed by atoms with Gasteiger partial charge in [-0.3, -0.25) is 14.2 Å². The molecule has 33 heavy (non-hydrogen) atoms. The van der Waals surface area contributed by atoms with Crippen molar-refractivity contribution in [1.29, 1.82) is 0 Å². The maximum atomic E-state index is 13.4. The predicted molar refractivity (Wildman–Crippen MR) is 132 cm³/mol. The van der Waals surface area contributed by atoms with Crippen LogP contribution in [0.3, 0.4) is 0 Å². The molecular weight excluding hydrogens is 434 g/mol. The Bertz CT molecular complexity index is 1470. The largest absolute Gasteiger partial charge is 0.326 e. The monoisotopic (exact) mass is 459 g/mol. The van der Waals surface area contributed by atoms with Crippen LogP contribution in [0.1, 0.15) is 34.7 Å². The zero-order valence-corrected chi connectivity index (χ0v) is 19.9. The highest BCUT2D eigenvalue weighted by atomic mass is 32.2. The van der Waals surface area contributed by atoms with Crippen molar-refractivity contribution in [2.24, 2.45) is 0 Å². The Hall–Kier alpha value is -3.39. The van der Waals surface area contributed by atoms with Crippen LogP contribution in [0.2, 0.25) is 0 Å². The minimum Gasteiger partial charge on any atom is -0.326 e. The number of fused-ring (bicyclic) bond motifs is 2. The number of aryl methyl sites for hydroxylation is 4. The standard InChI is InChI=1S/C25H25N5O2S/c1-14-5-8-21(17(4)9-14)30-23-20(12-26-30)24(32)29-19(13-33-25(29)28-23)11-22(31)27-18-7-6-15(2)16(3)10-18/h5-10,12,19H,11,13H2,1-4H3,(H,27,31). The van der Waals surface area contributed by atoms with Crippen LogP contribution < -0.4 is 10.9 Å². The lowest BCUT2D eigenvalue weighted by Gasteiger charge is -2.14. The Labute approximate surface area is 195 Å². The first-order valence-electron chi connectivity index (χ1n) is 10.9. The fourth-order valence-corrected chi connectivity index (χ4v) is 5.38. The van der Waals surface area contributed by atoms with Gasteiger partial charge in [0.05, 0.1) is 17.9 Å². The number of anilines is 1. The maximum absolute atomic E-state index is 13.4. The van der Waals surface area contributed by atoms with E-state index in [4.69, 9.17) is 4.98 Å². The van der Waals surface area contributed by atoms with Crippen molar-refractivity contribution in [3.05, 3.63) is 75.2 Å². The van der Waals surface area contributed by atoms with E-state index in [0.717, 1.165) is 22.5 Å². The quantitative estimate of drug-likeness (QED) is 0.455. The van der Waals surface area contributed by atoms with Gasteiger partial charge in [-0.1, -0.05) is 35.5 Å². The zero-order valence-electron chi connectivity index (χ0n) is 19.0. The van der Waals surface area contributed by atoms with Crippen LogP contribution in [0.15, 0.2) is 52.5 Å². The summed E-state index contributed by atoms with van der Waals surface area (Å²) in [6.07, 6.45) is 1.79. The number of nitrogens with zero attached hydrogens (tertiary/aromatic N) is 4. The van der Waals surface area contributed by atoms with Gasteiger partial charge >= 0.3 is 0 Å². The van der Waals surface area contributed by atoms with E-state index in [1.807, 2.05) is 58.0 Å². The van der Waals surface area contributed by atoms with E-state index in [-0.39, 0.29) is 23.9 Å². The summed E-state index contributed by atoms with van der Waals surface area (Å²) in [5, 5.41) is 8.51. The summed E-state index contributed by atoms with van der Waals surface area (Å²) in [5.41, 5.74) is 6.60. The summed E-state index contributed by atoms with van der Waals surface area (Å²) < 4.78 is 3.38. The lowest BCUT2D eigenvalue weighted by atomic mass is 10.1. The number of benzene rings is 2. The molecule has 4 aromatic rings. The molecule has 2 aromatic carbocycles. The van der Waals surface area contributed by atoms with E-state index in [0.29, 0.717) is 21.9 Å². The van der Waals surface area contributed by atoms with Gasteiger partial charge in [0.1, 0.15) is 5.39 Å². The molecular formula is C25H25N5O2S. The molecule has 1 aliphatic heterocycles. The van der Waals surface area contributed by atoms with Crippen LogP contribution >= 0.6 is 11.8 Å². The van der Waals surface area contributed by atoms with E-state index in [2.05, 4.69) is 16.5 Å². The first kappa shape index (κ1) is 21.5. The molecule has 8 heteroatoms. The van der Waals surface area contributed by atoms with Crippen molar-refractivity contribution >= 4 is 34.4 Å². The number of carbonyl (C=O) groups excluding carboxylic acids is 1. The van der Waals surface area contributed by atoms with E-state index in [1.165, 1.54) is 22.9 Å². The fraction of sp³-hybridized carbons (Fsp3) is 0.280. The van der Waals surface area contributed by atoms with Crippen LogP contribution in [-0.2, 0) is 4.79 Å². The van der Waals surface area contributed by atoms with Gasteiger partial charge in [0.2, 0.25) is 5.91 Å². The average Bonchev–Trinajstić information content (AvgIpc) is 3.36. The number of amides is 1. The molecule has 5 rings (SSSR count). The summed E-state index contributed by atoms with van der Waals surface area (Å²) in [5.74, 6) is 0.515. The highest BCUT2D eigenvalue weighted by Gasteiger charge is 2.29. The van der Waals surface area contributed by atoms with E-state index in [9.17, 15) is 9.59 Å². The summed E-state index contributed by atoms with van der Waals surface area (Å²) in [6.45, 7) is 8.12. The number of thioether (sulfide) groups is 1. The van der Waals surface area contributed by atoms with Crippen molar-refractivity contribution < 1.29 is 4.79 Å². The zero-order chi connectivity index (χ0) is 23.3. The van der Waals surface area contributed by atoms with Gasteiger partial charge in [-0.25, -0.2) is 9.67 Å². The molecule has 2 aromatic heterocycles. The Balaban J connectivity index is 1.45. The second-order valence-corrected chi connectivity index (χ2v) is 9.66. The molecule has 168 valence electrons. The lowest BCUT2D eigenvalue weighted by molar-refractivity contribution is -0.116. The number of nitrogens with one attached hydrogen (secondary N) is 1. The Kier molecular flexibility index (Phi) is 5.32. The van der Waals surface area contributed by atoms with Crippen molar-refractivity contribution in [2.45, 2.75) is 45.3 Å². The van der Waals surface area contributed by atoms with Crippen LogP contribution in [-0.4, -0.2) is 31.0 Å². The van der Waals surface area contributed by atoms with Gasteiger partial charge in [-0.2, -0.15) is 5.10 Å². The third kappa shape index (κ3) is 3.84. The van der Waals surface area contributed by atoms with Crippen LogP contribution in [0, 0.1) is 27.7 Å². The van der Waals surface area contributed by atoms with E-state index >= 15 is 0 Å². The van der Waals surface area contributed by atoms with Crippen molar-refractivity contribution in [2.75, 3.05) is 11.1 Å². The van der Waals surface area contributed by atoms with E-state index in [1.54, 1.807) is 15.4 Å². The maximum Gasteiger partial charge on any atom is 0.265 e. The Morgan fingerprint density at radius 3 is 2.67 bits per heavy atom. The van der Waals surface area contributed by atoms with Crippen molar-refractivity contribution in [3.63, 3.8) is 0 Å². The molecule has 0 bridgehead atoms. The van der Waals surface area contributed by atoms with Crippen molar-refractivity contribution in [3.8, 4) is 5.69 Å². The fourth-order valence-electron chi connectivity index (χ4n) is 4.25. The molecule has 1 aliphatic rings. The van der Waals surface area contributed by atoms with Gasteiger partial charge in [0.15, 0.2) is 10.8 Å². The lowest BCUT2D eigenvalue weighted by Crippen LogP contribution is -2.27. The number of hydrogen-bond acceptors (Lipinski definition) is 5. The first-order valence-corrected chi connectivity index (χ1v) is 11.9.